The van der Waals surface area contributed by atoms with Gasteiger partial charge in [0.15, 0.2) is 5.82 Å². The van der Waals surface area contributed by atoms with Gasteiger partial charge in [0.1, 0.15) is 11.4 Å². The van der Waals surface area contributed by atoms with Crippen molar-refractivity contribution in [1.82, 2.24) is 19.7 Å². The first-order valence-corrected chi connectivity index (χ1v) is 17.1. The lowest BCUT2D eigenvalue weighted by molar-refractivity contribution is 0.749. The van der Waals surface area contributed by atoms with Gasteiger partial charge in [0.05, 0.1) is 22.1 Å². The summed E-state index contributed by atoms with van der Waals surface area (Å²) >= 11 is 0. The van der Waals surface area contributed by atoms with E-state index in [1.165, 1.54) is 60.9 Å². The molecule has 3 heterocycles. The Balaban J connectivity index is 1.33. The van der Waals surface area contributed by atoms with Gasteiger partial charge < -0.3 is 4.57 Å². The van der Waals surface area contributed by atoms with Crippen molar-refractivity contribution >= 4 is 21.8 Å². The molecule has 1 aliphatic heterocycles. The SMILES string of the molecule is c1ccc(-c2nnc(-c3ccccc3)c(-c3cccc4c3C3(c5ccccc5-4)c4ccccc4-n4c5ccccc5c5cccc3c54)n2)cc1. The fourth-order valence-corrected chi connectivity index (χ4v) is 8.83. The predicted molar refractivity (Wildman–Crippen MR) is 201 cm³/mol. The number of hydrogen-bond acceptors (Lipinski definition) is 3. The summed E-state index contributed by atoms with van der Waals surface area (Å²) in [6.45, 7) is 0. The molecule has 0 radical (unpaired) electrons. The number of para-hydroxylation sites is 3. The molecule has 0 amide bonds. The Morgan fingerprint density at radius 3 is 1.90 bits per heavy atom. The van der Waals surface area contributed by atoms with Crippen molar-refractivity contribution in [3.63, 3.8) is 0 Å². The van der Waals surface area contributed by atoms with E-state index in [0.29, 0.717) is 5.82 Å². The molecule has 0 fully saturated rings. The van der Waals surface area contributed by atoms with E-state index in [1.807, 2.05) is 36.4 Å². The van der Waals surface area contributed by atoms with Gasteiger partial charge in [-0.25, -0.2) is 4.98 Å². The van der Waals surface area contributed by atoms with Crippen LogP contribution in [0.4, 0.5) is 0 Å². The molecule has 0 N–H and O–H groups in total. The summed E-state index contributed by atoms with van der Waals surface area (Å²) < 4.78 is 2.49. The van der Waals surface area contributed by atoms with Gasteiger partial charge in [-0.2, -0.15) is 0 Å². The summed E-state index contributed by atoms with van der Waals surface area (Å²) in [6.07, 6.45) is 0. The van der Waals surface area contributed by atoms with Crippen molar-refractivity contribution < 1.29 is 0 Å². The van der Waals surface area contributed by atoms with Crippen molar-refractivity contribution in [3.8, 4) is 50.7 Å². The van der Waals surface area contributed by atoms with Crippen LogP contribution in [-0.4, -0.2) is 19.7 Å². The Kier molecular flexibility index (Phi) is 5.56. The molecule has 232 valence electrons. The van der Waals surface area contributed by atoms with Gasteiger partial charge >= 0.3 is 0 Å². The van der Waals surface area contributed by atoms with Crippen LogP contribution in [0.15, 0.2) is 170 Å². The van der Waals surface area contributed by atoms with Crippen LogP contribution in [0.5, 0.6) is 0 Å². The molecule has 9 aromatic rings. The molecule has 1 atom stereocenters. The van der Waals surface area contributed by atoms with Gasteiger partial charge in [0.2, 0.25) is 0 Å². The average molecular weight is 637 g/mol. The molecule has 50 heavy (non-hydrogen) atoms. The van der Waals surface area contributed by atoms with Crippen LogP contribution >= 0.6 is 0 Å². The Bertz CT molecular complexity index is 2820. The maximum atomic E-state index is 5.41. The first-order valence-electron chi connectivity index (χ1n) is 17.1. The molecule has 2 aliphatic rings. The van der Waals surface area contributed by atoms with Gasteiger partial charge in [0, 0.05) is 27.5 Å². The third-order valence-electron chi connectivity index (χ3n) is 10.7. The number of benzene rings is 7. The monoisotopic (exact) mass is 636 g/mol. The maximum Gasteiger partial charge on any atom is 0.182 e. The molecule has 2 aromatic heterocycles. The molecule has 4 nitrogen and oxygen atoms in total. The number of fused-ring (bicyclic) bond motifs is 12. The zero-order chi connectivity index (χ0) is 32.8. The van der Waals surface area contributed by atoms with E-state index in [2.05, 4.69) is 138 Å². The lowest BCUT2D eigenvalue weighted by Crippen LogP contribution is -2.34. The van der Waals surface area contributed by atoms with Crippen LogP contribution < -0.4 is 0 Å². The first kappa shape index (κ1) is 27.3. The second-order valence-corrected chi connectivity index (χ2v) is 13.2. The van der Waals surface area contributed by atoms with Crippen LogP contribution in [0.1, 0.15) is 22.3 Å². The average Bonchev–Trinajstić information content (AvgIpc) is 3.69. The molecule has 0 saturated carbocycles. The smallest absolute Gasteiger partial charge is 0.182 e. The molecular weight excluding hydrogens is 609 g/mol. The molecule has 1 unspecified atom stereocenters. The standard InChI is InChI=1S/C46H28N4/c1-3-15-29(16-4-1)42-43(47-45(49-48-42)30-17-5-2-6-18-30)35-23-13-21-33-31-19-7-9-24-36(31)46(41(33)35)37-25-10-12-28-40(37)50-39-27-11-8-20-32(39)34-22-14-26-38(46)44(34)50/h1-28H. The normalized spacial score (nSPS) is 15.3. The van der Waals surface area contributed by atoms with Gasteiger partial charge in [-0.15, -0.1) is 10.2 Å². The summed E-state index contributed by atoms with van der Waals surface area (Å²) in [7, 11) is 0. The third-order valence-corrected chi connectivity index (χ3v) is 10.7. The van der Waals surface area contributed by atoms with E-state index >= 15 is 0 Å². The van der Waals surface area contributed by atoms with E-state index in [9.17, 15) is 0 Å². The number of rotatable bonds is 3. The summed E-state index contributed by atoms with van der Waals surface area (Å²) in [5.74, 6) is 0.605. The highest BCUT2D eigenvalue weighted by Crippen LogP contribution is 2.63. The van der Waals surface area contributed by atoms with E-state index in [1.54, 1.807) is 0 Å². The Morgan fingerprint density at radius 2 is 1.04 bits per heavy atom. The molecular formula is C46H28N4. The zero-order valence-corrected chi connectivity index (χ0v) is 27.0. The van der Waals surface area contributed by atoms with Crippen molar-refractivity contribution in [2.24, 2.45) is 0 Å². The Hall–Kier alpha value is -6.65. The molecule has 4 heteroatoms. The Morgan fingerprint density at radius 1 is 0.420 bits per heavy atom. The molecule has 1 aliphatic carbocycles. The molecule has 1 spiro atoms. The quantitative estimate of drug-likeness (QED) is 0.194. The number of hydrogen-bond donors (Lipinski definition) is 0. The van der Waals surface area contributed by atoms with Crippen molar-refractivity contribution in [2.75, 3.05) is 0 Å². The van der Waals surface area contributed by atoms with Crippen LogP contribution in [0.3, 0.4) is 0 Å². The molecule has 0 bridgehead atoms. The van der Waals surface area contributed by atoms with Crippen molar-refractivity contribution in [2.45, 2.75) is 5.41 Å². The largest absolute Gasteiger partial charge is 0.309 e. The molecule has 0 saturated heterocycles. The Labute approximate surface area is 289 Å². The van der Waals surface area contributed by atoms with E-state index in [4.69, 9.17) is 15.2 Å². The minimum Gasteiger partial charge on any atom is -0.309 e. The van der Waals surface area contributed by atoms with Gasteiger partial charge in [-0.05, 0) is 45.5 Å². The predicted octanol–water partition coefficient (Wildman–Crippen LogP) is 10.6. The summed E-state index contributed by atoms with van der Waals surface area (Å²) in [4.78, 5) is 5.41. The molecule has 7 aromatic carbocycles. The van der Waals surface area contributed by atoms with E-state index < -0.39 is 5.41 Å². The minimum absolute atomic E-state index is 0.605. The van der Waals surface area contributed by atoms with E-state index in [0.717, 1.165) is 28.1 Å². The van der Waals surface area contributed by atoms with E-state index in [-0.39, 0.29) is 0 Å². The van der Waals surface area contributed by atoms with Crippen LogP contribution in [0.2, 0.25) is 0 Å². The third kappa shape index (κ3) is 3.47. The van der Waals surface area contributed by atoms with Gasteiger partial charge in [-0.1, -0.05) is 158 Å². The lowest BCUT2D eigenvalue weighted by atomic mass is 9.64. The zero-order valence-electron chi connectivity index (χ0n) is 27.0. The fraction of sp³-hybridized carbons (Fsp3) is 0.0217. The second-order valence-electron chi connectivity index (χ2n) is 13.2. The topological polar surface area (TPSA) is 43.6 Å². The highest BCUT2D eigenvalue weighted by atomic mass is 15.2. The van der Waals surface area contributed by atoms with Crippen LogP contribution in [0.25, 0.3) is 72.5 Å². The van der Waals surface area contributed by atoms with Gasteiger partial charge in [0.25, 0.3) is 0 Å². The first-order chi connectivity index (χ1) is 24.8. The lowest BCUT2D eigenvalue weighted by Gasteiger charge is -2.40. The second kappa shape index (κ2) is 10.2. The summed E-state index contributed by atoms with van der Waals surface area (Å²) in [5.41, 5.74) is 15.1. The number of nitrogens with zero attached hydrogens (tertiary/aromatic N) is 4. The highest BCUT2D eigenvalue weighted by Gasteiger charge is 2.52. The maximum absolute atomic E-state index is 5.41. The summed E-state index contributed by atoms with van der Waals surface area (Å²) in [6, 6.07) is 60.8. The minimum atomic E-state index is -0.616. The van der Waals surface area contributed by atoms with Crippen molar-refractivity contribution in [1.29, 1.82) is 0 Å². The fourth-order valence-electron chi connectivity index (χ4n) is 8.83. The van der Waals surface area contributed by atoms with Crippen LogP contribution in [0, 0.1) is 0 Å². The van der Waals surface area contributed by atoms with Gasteiger partial charge in [-0.3, -0.25) is 0 Å². The van der Waals surface area contributed by atoms with Crippen LogP contribution in [-0.2, 0) is 5.41 Å². The van der Waals surface area contributed by atoms with Crippen molar-refractivity contribution in [3.05, 3.63) is 192 Å². The number of aromatic nitrogens is 4. The summed E-state index contributed by atoms with van der Waals surface area (Å²) in [5, 5.41) is 12.2. The molecule has 11 rings (SSSR count). The highest BCUT2D eigenvalue weighted by molar-refractivity contribution is 6.13.